The summed E-state index contributed by atoms with van der Waals surface area (Å²) in [5, 5.41) is 8.92. The van der Waals surface area contributed by atoms with Crippen LogP contribution >= 0.6 is 0 Å². The fourth-order valence-electron chi connectivity index (χ4n) is 2.66. The average Bonchev–Trinajstić information content (AvgIpc) is 3.09. The molecular formula is C20H16N2O4. The topological polar surface area (TPSA) is 78.4 Å². The highest BCUT2D eigenvalue weighted by molar-refractivity contribution is 5.81. The summed E-state index contributed by atoms with van der Waals surface area (Å²) >= 11 is 0. The normalized spacial score (nSPS) is 11.0. The maximum absolute atomic E-state index is 11.5. The van der Waals surface area contributed by atoms with Crippen LogP contribution in [-0.4, -0.2) is 10.2 Å². The Kier molecular flexibility index (Phi) is 4.01. The van der Waals surface area contributed by atoms with Gasteiger partial charge in [-0.25, -0.2) is 4.79 Å². The second-order valence-corrected chi connectivity index (χ2v) is 6.06. The molecule has 4 aromatic rings. The Hall–Kier alpha value is -3.41. The van der Waals surface area contributed by atoms with Crippen molar-refractivity contribution in [1.29, 1.82) is 0 Å². The summed E-state index contributed by atoms with van der Waals surface area (Å²) in [6.07, 6.45) is 0. The highest BCUT2D eigenvalue weighted by Gasteiger charge is 2.10. The number of hydrogen-bond acceptors (Lipinski definition) is 6. The van der Waals surface area contributed by atoms with Gasteiger partial charge in [0.2, 0.25) is 5.89 Å². The van der Waals surface area contributed by atoms with Gasteiger partial charge >= 0.3 is 5.63 Å². The molecular weight excluding hydrogens is 332 g/mol. The fraction of sp³-hybridized carbons (Fsp3) is 0.150. The first-order valence-electron chi connectivity index (χ1n) is 8.15. The predicted octanol–water partition coefficient (Wildman–Crippen LogP) is 4.04. The monoisotopic (exact) mass is 348 g/mol. The largest absolute Gasteiger partial charge is 0.484 e. The van der Waals surface area contributed by atoms with Crippen molar-refractivity contribution in [3.8, 4) is 17.2 Å². The Morgan fingerprint density at radius 1 is 0.962 bits per heavy atom. The zero-order chi connectivity index (χ0) is 18.1. The summed E-state index contributed by atoms with van der Waals surface area (Å²) < 4.78 is 16.5. The molecule has 6 heteroatoms. The molecule has 0 aliphatic heterocycles. The number of rotatable bonds is 4. The van der Waals surface area contributed by atoms with E-state index < -0.39 is 0 Å². The lowest BCUT2D eigenvalue weighted by atomic mass is 10.1. The zero-order valence-corrected chi connectivity index (χ0v) is 14.4. The van der Waals surface area contributed by atoms with E-state index in [-0.39, 0.29) is 12.2 Å². The van der Waals surface area contributed by atoms with E-state index in [1.54, 1.807) is 6.07 Å². The molecule has 6 nitrogen and oxygen atoms in total. The molecule has 0 unspecified atom stereocenters. The summed E-state index contributed by atoms with van der Waals surface area (Å²) in [5.41, 5.74) is 2.99. The first-order chi connectivity index (χ1) is 12.6. The van der Waals surface area contributed by atoms with Crippen LogP contribution in [0.15, 0.2) is 62.2 Å². The number of fused-ring (bicyclic) bond motifs is 1. The Balaban J connectivity index is 1.51. The molecule has 0 N–H and O–H groups in total. The molecule has 4 rings (SSSR count). The summed E-state index contributed by atoms with van der Waals surface area (Å²) in [6, 6.07) is 14.7. The summed E-state index contributed by atoms with van der Waals surface area (Å²) in [4.78, 5) is 11.5. The molecule has 0 radical (unpaired) electrons. The van der Waals surface area contributed by atoms with Crippen molar-refractivity contribution in [2.75, 3.05) is 0 Å². The van der Waals surface area contributed by atoms with Gasteiger partial charge in [-0.3, -0.25) is 0 Å². The highest BCUT2D eigenvalue weighted by Crippen LogP contribution is 2.23. The highest BCUT2D eigenvalue weighted by atomic mass is 16.5. The lowest BCUT2D eigenvalue weighted by molar-refractivity contribution is 0.264. The second kappa shape index (κ2) is 6.48. The molecule has 0 amide bonds. The van der Waals surface area contributed by atoms with Gasteiger partial charge in [0.1, 0.15) is 11.3 Å². The van der Waals surface area contributed by atoms with Gasteiger partial charge in [0.15, 0.2) is 6.61 Å². The molecule has 2 heterocycles. The molecule has 0 atom stereocenters. The van der Waals surface area contributed by atoms with Crippen LogP contribution in [0.2, 0.25) is 0 Å². The quantitative estimate of drug-likeness (QED) is 0.518. The second-order valence-electron chi connectivity index (χ2n) is 6.06. The average molecular weight is 348 g/mol. The molecule has 0 saturated heterocycles. The molecule has 2 aromatic carbocycles. The van der Waals surface area contributed by atoms with Crippen molar-refractivity contribution < 1.29 is 13.6 Å². The number of hydrogen-bond donors (Lipinski definition) is 0. The van der Waals surface area contributed by atoms with Gasteiger partial charge < -0.3 is 13.6 Å². The van der Waals surface area contributed by atoms with Crippen molar-refractivity contribution in [2.45, 2.75) is 20.5 Å². The minimum atomic E-state index is -0.383. The molecule has 0 aliphatic rings. The van der Waals surface area contributed by atoms with Gasteiger partial charge in [0, 0.05) is 23.1 Å². The number of nitrogens with zero attached hydrogens (tertiary/aromatic N) is 2. The van der Waals surface area contributed by atoms with E-state index in [1.807, 2.05) is 50.2 Å². The predicted molar refractivity (Wildman–Crippen MR) is 96.0 cm³/mol. The number of ether oxygens (including phenoxy) is 1. The number of benzene rings is 2. The van der Waals surface area contributed by atoms with Crippen molar-refractivity contribution in [3.63, 3.8) is 0 Å². The van der Waals surface area contributed by atoms with Crippen LogP contribution < -0.4 is 10.4 Å². The van der Waals surface area contributed by atoms with Crippen molar-refractivity contribution in [1.82, 2.24) is 10.2 Å². The molecule has 0 fully saturated rings. The van der Waals surface area contributed by atoms with E-state index in [4.69, 9.17) is 13.6 Å². The summed E-state index contributed by atoms with van der Waals surface area (Å²) in [7, 11) is 0. The van der Waals surface area contributed by atoms with Gasteiger partial charge in [-0.2, -0.15) is 0 Å². The van der Waals surface area contributed by atoms with Gasteiger partial charge in [-0.1, -0.05) is 17.7 Å². The standard InChI is InChI=1S/C20H16N2O4/c1-12-3-5-14(6-4-12)20-22-21-18(26-20)11-24-15-7-8-16-13(2)9-19(23)25-17(16)10-15/h3-10H,11H2,1-2H3. The van der Waals surface area contributed by atoms with Gasteiger partial charge in [-0.05, 0) is 43.7 Å². The lowest BCUT2D eigenvalue weighted by Crippen LogP contribution is -1.99. The maximum Gasteiger partial charge on any atom is 0.336 e. The van der Waals surface area contributed by atoms with Gasteiger partial charge in [0.25, 0.3) is 5.89 Å². The fourth-order valence-corrected chi connectivity index (χ4v) is 2.66. The molecule has 0 saturated carbocycles. The third-order valence-corrected chi connectivity index (χ3v) is 4.05. The molecule has 0 aliphatic carbocycles. The minimum Gasteiger partial charge on any atom is -0.484 e. The van der Waals surface area contributed by atoms with Gasteiger partial charge in [-0.15, -0.1) is 10.2 Å². The number of aryl methyl sites for hydroxylation is 2. The van der Waals surface area contributed by atoms with Crippen molar-refractivity contribution >= 4 is 11.0 Å². The Morgan fingerprint density at radius 3 is 2.58 bits per heavy atom. The van der Waals surface area contributed by atoms with Crippen LogP contribution in [0.25, 0.3) is 22.4 Å². The molecule has 26 heavy (non-hydrogen) atoms. The van der Waals surface area contributed by atoms with E-state index in [0.717, 1.165) is 22.1 Å². The van der Waals surface area contributed by atoms with Crippen LogP contribution in [0.1, 0.15) is 17.0 Å². The van der Waals surface area contributed by atoms with Crippen molar-refractivity contribution in [2.24, 2.45) is 0 Å². The van der Waals surface area contributed by atoms with Crippen molar-refractivity contribution in [3.05, 3.63) is 76.0 Å². The summed E-state index contributed by atoms with van der Waals surface area (Å²) in [5.74, 6) is 1.37. The van der Waals surface area contributed by atoms with E-state index in [9.17, 15) is 4.79 Å². The van der Waals surface area contributed by atoms with Crippen LogP contribution in [0, 0.1) is 13.8 Å². The molecule has 0 bridgehead atoms. The van der Waals surface area contributed by atoms with Crippen LogP contribution in [-0.2, 0) is 6.61 Å². The van der Waals surface area contributed by atoms with Crippen LogP contribution in [0.4, 0.5) is 0 Å². The minimum absolute atomic E-state index is 0.125. The Labute approximate surface area is 149 Å². The van der Waals surface area contributed by atoms with E-state index >= 15 is 0 Å². The third-order valence-electron chi connectivity index (χ3n) is 4.05. The van der Waals surface area contributed by atoms with E-state index in [0.29, 0.717) is 23.1 Å². The van der Waals surface area contributed by atoms with E-state index in [1.165, 1.54) is 6.07 Å². The molecule has 130 valence electrons. The smallest absolute Gasteiger partial charge is 0.336 e. The van der Waals surface area contributed by atoms with Crippen LogP contribution in [0.5, 0.6) is 5.75 Å². The maximum atomic E-state index is 11.5. The SMILES string of the molecule is Cc1ccc(-c2nnc(COc3ccc4c(C)cc(=O)oc4c3)o2)cc1. The first kappa shape index (κ1) is 16.1. The lowest BCUT2D eigenvalue weighted by Gasteiger charge is -2.05. The van der Waals surface area contributed by atoms with Crippen LogP contribution in [0.3, 0.4) is 0 Å². The third kappa shape index (κ3) is 3.21. The Morgan fingerprint density at radius 2 is 1.77 bits per heavy atom. The molecule has 2 aromatic heterocycles. The van der Waals surface area contributed by atoms with Gasteiger partial charge in [0.05, 0.1) is 0 Å². The number of aromatic nitrogens is 2. The van der Waals surface area contributed by atoms with E-state index in [2.05, 4.69) is 10.2 Å². The molecule has 0 spiro atoms. The summed E-state index contributed by atoms with van der Waals surface area (Å²) in [6.45, 7) is 4.01. The zero-order valence-electron chi connectivity index (χ0n) is 14.4. The first-order valence-corrected chi connectivity index (χ1v) is 8.15. The Bertz CT molecular complexity index is 1130.